The molecule has 1 aliphatic heterocycles. The Kier molecular flexibility index (Phi) is 4.38. The van der Waals surface area contributed by atoms with Crippen molar-refractivity contribution in [1.29, 1.82) is 0 Å². The van der Waals surface area contributed by atoms with Gasteiger partial charge in [0.1, 0.15) is 0 Å². The third-order valence-electron chi connectivity index (χ3n) is 1.88. The number of urea groups is 1. The van der Waals surface area contributed by atoms with Crippen LogP contribution in [0, 0.1) is 0 Å². The number of hydrogen-bond donors (Lipinski definition) is 1. The van der Waals surface area contributed by atoms with Gasteiger partial charge in [-0.05, 0) is 0 Å². The van der Waals surface area contributed by atoms with Gasteiger partial charge in [-0.2, -0.15) is 0 Å². The van der Waals surface area contributed by atoms with Crippen LogP contribution in [0.3, 0.4) is 0 Å². The summed E-state index contributed by atoms with van der Waals surface area (Å²) >= 11 is 0. The molecule has 1 N–H and O–H groups in total. The first kappa shape index (κ1) is 12.1. The van der Waals surface area contributed by atoms with E-state index < -0.39 is 6.03 Å². The Morgan fingerprint density at radius 3 is 2.62 bits per heavy atom. The van der Waals surface area contributed by atoms with Crippen LogP contribution in [0.1, 0.15) is 20.3 Å². The lowest BCUT2D eigenvalue weighted by Crippen LogP contribution is -2.49. The van der Waals surface area contributed by atoms with Gasteiger partial charge in [-0.25, -0.2) is 9.78 Å². The first-order valence-corrected chi connectivity index (χ1v) is 5.15. The summed E-state index contributed by atoms with van der Waals surface area (Å²) in [6.07, 6.45) is 4.80. The molecule has 6 nitrogen and oxygen atoms in total. The molecule has 0 saturated carbocycles. The maximum atomic E-state index is 11.3. The molecule has 0 aliphatic carbocycles. The molecule has 0 unspecified atom stereocenters. The quantitative estimate of drug-likeness (QED) is 0.767. The summed E-state index contributed by atoms with van der Waals surface area (Å²) in [5, 5.41) is 2.21. The van der Waals surface area contributed by atoms with Crippen LogP contribution in [-0.4, -0.2) is 28.5 Å². The van der Waals surface area contributed by atoms with E-state index in [-0.39, 0.29) is 5.91 Å². The zero-order chi connectivity index (χ0) is 12.0. The molecule has 1 aliphatic rings. The molecular weight excluding hydrogens is 208 g/mol. The fourth-order valence-electron chi connectivity index (χ4n) is 1.21. The minimum Gasteiger partial charge on any atom is -0.278 e. The van der Waals surface area contributed by atoms with Gasteiger partial charge >= 0.3 is 6.03 Å². The summed E-state index contributed by atoms with van der Waals surface area (Å²) in [5.74, 6) is 0.202. The molecule has 0 atom stereocenters. The van der Waals surface area contributed by atoms with Gasteiger partial charge in [0.25, 0.3) is 0 Å². The van der Waals surface area contributed by atoms with Crippen LogP contribution in [0.5, 0.6) is 0 Å². The Balaban J connectivity index is 0.000000606. The standard InChI is InChI=1S/C8H8N4O2.C2H6/c13-7-1-4-12(8(14)11-7)6-5-9-2-3-10-6;1-2/h2-3,5H,1,4H2,(H,11,13,14);1-2H3. The van der Waals surface area contributed by atoms with Crippen molar-refractivity contribution in [3.63, 3.8) is 0 Å². The fourth-order valence-corrected chi connectivity index (χ4v) is 1.21. The summed E-state index contributed by atoms with van der Waals surface area (Å²) in [7, 11) is 0. The first-order valence-electron chi connectivity index (χ1n) is 5.15. The molecule has 2 heterocycles. The topological polar surface area (TPSA) is 75.2 Å². The van der Waals surface area contributed by atoms with Crippen molar-refractivity contribution < 1.29 is 9.59 Å². The van der Waals surface area contributed by atoms with Gasteiger partial charge in [-0.3, -0.25) is 20.0 Å². The van der Waals surface area contributed by atoms with Gasteiger partial charge < -0.3 is 0 Å². The van der Waals surface area contributed by atoms with E-state index in [1.165, 1.54) is 23.5 Å². The molecule has 0 spiro atoms. The highest BCUT2D eigenvalue weighted by Crippen LogP contribution is 2.11. The zero-order valence-electron chi connectivity index (χ0n) is 9.30. The largest absolute Gasteiger partial charge is 0.329 e. The maximum absolute atomic E-state index is 11.3. The minimum atomic E-state index is -0.443. The predicted molar refractivity (Wildman–Crippen MR) is 58.9 cm³/mol. The van der Waals surface area contributed by atoms with Crippen molar-refractivity contribution in [3.8, 4) is 0 Å². The van der Waals surface area contributed by atoms with Crippen LogP contribution in [0.25, 0.3) is 0 Å². The second-order valence-electron chi connectivity index (χ2n) is 2.82. The summed E-state index contributed by atoms with van der Waals surface area (Å²) in [5.41, 5.74) is 0. The van der Waals surface area contributed by atoms with Crippen LogP contribution in [0.2, 0.25) is 0 Å². The van der Waals surface area contributed by atoms with Crippen molar-refractivity contribution in [2.45, 2.75) is 20.3 Å². The molecule has 1 fully saturated rings. The van der Waals surface area contributed by atoms with Crippen LogP contribution in [0.15, 0.2) is 18.6 Å². The second kappa shape index (κ2) is 5.79. The molecule has 86 valence electrons. The van der Waals surface area contributed by atoms with Crippen LogP contribution in [0.4, 0.5) is 10.6 Å². The monoisotopic (exact) mass is 222 g/mol. The molecule has 0 radical (unpaired) electrons. The number of nitrogens with one attached hydrogen (secondary N) is 1. The van der Waals surface area contributed by atoms with E-state index in [4.69, 9.17) is 0 Å². The summed E-state index contributed by atoms with van der Waals surface area (Å²) in [6.45, 7) is 4.35. The van der Waals surface area contributed by atoms with Crippen molar-refractivity contribution >= 4 is 17.8 Å². The summed E-state index contributed by atoms with van der Waals surface area (Å²) in [6, 6.07) is -0.443. The Labute approximate surface area is 93.7 Å². The Morgan fingerprint density at radius 1 is 1.31 bits per heavy atom. The lowest BCUT2D eigenvalue weighted by Gasteiger charge is -2.24. The highest BCUT2D eigenvalue weighted by molar-refractivity contribution is 6.04. The van der Waals surface area contributed by atoms with Crippen molar-refractivity contribution in [3.05, 3.63) is 18.6 Å². The second-order valence-corrected chi connectivity index (χ2v) is 2.82. The molecule has 1 aromatic rings. The smallest absolute Gasteiger partial charge is 0.278 e. The van der Waals surface area contributed by atoms with Crippen molar-refractivity contribution in [2.75, 3.05) is 11.4 Å². The fraction of sp³-hybridized carbons (Fsp3) is 0.400. The maximum Gasteiger partial charge on any atom is 0.329 e. The number of aromatic nitrogens is 2. The van der Waals surface area contributed by atoms with Crippen LogP contribution in [-0.2, 0) is 4.79 Å². The normalized spacial score (nSPS) is 15.0. The minimum absolute atomic E-state index is 0.254. The molecule has 3 amide bonds. The third-order valence-corrected chi connectivity index (χ3v) is 1.88. The molecule has 16 heavy (non-hydrogen) atoms. The SMILES string of the molecule is CC.O=C1CCN(c2cnccn2)C(=O)N1. The molecule has 0 aromatic carbocycles. The first-order chi connectivity index (χ1) is 7.77. The molecule has 1 aromatic heterocycles. The van der Waals surface area contributed by atoms with E-state index in [1.807, 2.05) is 13.8 Å². The number of imide groups is 1. The van der Waals surface area contributed by atoms with Crippen molar-refractivity contribution in [1.82, 2.24) is 15.3 Å². The average Bonchev–Trinajstić information content (AvgIpc) is 2.33. The molecule has 1 saturated heterocycles. The van der Waals surface area contributed by atoms with Crippen LogP contribution < -0.4 is 10.2 Å². The van der Waals surface area contributed by atoms with Gasteiger partial charge in [0.05, 0.1) is 6.20 Å². The third kappa shape index (κ3) is 2.75. The number of carbonyl (C=O) groups is 2. The lowest BCUT2D eigenvalue weighted by atomic mass is 10.3. The summed E-state index contributed by atoms with van der Waals surface area (Å²) in [4.78, 5) is 31.4. The van der Waals surface area contributed by atoms with E-state index in [2.05, 4.69) is 15.3 Å². The number of hydrogen-bond acceptors (Lipinski definition) is 4. The van der Waals surface area contributed by atoms with Gasteiger partial charge in [-0.15, -0.1) is 0 Å². The number of nitrogens with zero attached hydrogens (tertiary/aromatic N) is 3. The molecule has 6 heteroatoms. The highest BCUT2D eigenvalue weighted by atomic mass is 16.2. The van der Waals surface area contributed by atoms with Gasteiger partial charge in [0.15, 0.2) is 5.82 Å². The van der Waals surface area contributed by atoms with E-state index in [0.717, 1.165) is 0 Å². The average molecular weight is 222 g/mol. The van der Waals surface area contributed by atoms with E-state index >= 15 is 0 Å². The number of anilines is 1. The number of rotatable bonds is 1. The van der Waals surface area contributed by atoms with Gasteiger partial charge in [-0.1, -0.05) is 13.8 Å². The van der Waals surface area contributed by atoms with Gasteiger partial charge in [0.2, 0.25) is 5.91 Å². The van der Waals surface area contributed by atoms with E-state index in [9.17, 15) is 9.59 Å². The lowest BCUT2D eigenvalue weighted by molar-refractivity contribution is -0.120. The van der Waals surface area contributed by atoms with Crippen molar-refractivity contribution in [2.24, 2.45) is 0 Å². The van der Waals surface area contributed by atoms with E-state index in [1.54, 1.807) is 0 Å². The van der Waals surface area contributed by atoms with Crippen LogP contribution >= 0.6 is 0 Å². The number of amides is 3. The van der Waals surface area contributed by atoms with Gasteiger partial charge in [0, 0.05) is 25.4 Å². The molecule has 0 bridgehead atoms. The summed E-state index contributed by atoms with van der Waals surface area (Å²) < 4.78 is 0. The Bertz CT molecular complexity index is 366. The zero-order valence-corrected chi connectivity index (χ0v) is 9.30. The van der Waals surface area contributed by atoms with E-state index in [0.29, 0.717) is 18.8 Å². The predicted octanol–water partition coefficient (Wildman–Crippen LogP) is 0.949. The number of carbonyl (C=O) groups excluding carboxylic acids is 2. The molecule has 2 rings (SSSR count). The Hall–Kier alpha value is -1.98. The highest BCUT2D eigenvalue weighted by Gasteiger charge is 2.24. The Morgan fingerprint density at radius 2 is 2.06 bits per heavy atom. The molecular formula is C10H14N4O2.